The van der Waals surface area contributed by atoms with Crippen molar-refractivity contribution in [3.63, 3.8) is 0 Å². The molecule has 1 fully saturated rings. The van der Waals surface area contributed by atoms with Crippen LogP contribution in [0.3, 0.4) is 0 Å². The molecule has 1 aromatic rings. The minimum absolute atomic E-state index is 0.169. The van der Waals surface area contributed by atoms with Crippen molar-refractivity contribution >= 4 is 28.1 Å². The summed E-state index contributed by atoms with van der Waals surface area (Å²) < 4.78 is 12.0. The van der Waals surface area contributed by atoms with Gasteiger partial charge in [0, 0.05) is 39.3 Å². The topological polar surface area (TPSA) is 56.7 Å². The van der Waals surface area contributed by atoms with Gasteiger partial charge in [-0.3, -0.25) is 14.1 Å². The molecular formula is C19H34N4OS2. The molecule has 0 spiro atoms. The van der Waals surface area contributed by atoms with Gasteiger partial charge >= 0.3 is 0 Å². The number of guanidine groups is 1. The Bertz CT molecular complexity index is 575. The summed E-state index contributed by atoms with van der Waals surface area (Å²) in [4.78, 5) is 8.77. The fourth-order valence-electron chi connectivity index (χ4n) is 3.01. The van der Waals surface area contributed by atoms with E-state index in [2.05, 4.69) is 40.0 Å². The molecule has 0 aliphatic carbocycles. The van der Waals surface area contributed by atoms with Gasteiger partial charge in [-0.2, -0.15) is 0 Å². The second-order valence-corrected chi connectivity index (χ2v) is 10.9. The summed E-state index contributed by atoms with van der Waals surface area (Å²) in [6.07, 6.45) is 2.56. The van der Waals surface area contributed by atoms with Gasteiger partial charge in [-0.25, -0.2) is 0 Å². The Kier molecular flexibility index (Phi) is 8.57. The van der Waals surface area contributed by atoms with Crippen molar-refractivity contribution in [2.45, 2.75) is 51.3 Å². The lowest BCUT2D eigenvalue weighted by Crippen LogP contribution is -2.41. The van der Waals surface area contributed by atoms with Gasteiger partial charge < -0.3 is 10.6 Å². The second-order valence-electron chi connectivity index (χ2n) is 7.58. The molecule has 2 unspecified atom stereocenters. The van der Waals surface area contributed by atoms with Crippen molar-refractivity contribution in [3.8, 4) is 0 Å². The third-order valence-corrected chi connectivity index (χ3v) is 7.40. The standard InChI is InChI=1S/C19H34N4OS2/c1-5-20-18(21-10-14-26(24)19(2,3)4)22-15-16(17-9-8-13-25-17)23-11-6-7-12-23/h8-9,13,16H,5-7,10-12,14-15H2,1-4H3,(H2,20,21,22). The highest BCUT2D eigenvalue weighted by Crippen LogP contribution is 2.28. The summed E-state index contributed by atoms with van der Waals surface area (Å²) in [5, 5.41) is 8.80. The molecule has 26 heavy (non-hydrogen) atoms. The molecule has 0 saturated carbocycles. The molecule has 2 rings (SSSR count). The number of thiophene rings is 1. The van der Waals surface area contributed by atoms with E-state index in [0.717, 1.165) is 32.1 Å². The highest BCUT2D eigenvalue weighted by molar-refractivity contribution is 7.86. The number of hydrogen-bond acceptors (Lipinski definition) is 4. The SMILES string of the molecule is CCNC(=NCC(c1cccs1)N1CCCC1)NCCS(=O)C(C)(C)C. The van der Waals surface area contributed by atoms with E-state index in [4.69, 9.17) is 4.99 Å². The summed E-state index contributed by atoms with van der Waals surface area (Å²) in [7, 11) is -0.848. The third-order valence-electron chi connectivity index (χ3n) is 4.48. The lowest BCUT2D eigenvalue weighted by atomic mass is 10.2. The van der Waals surface area contributed by atoms with Gasteiger partial charge in [0.15, 0.2) is 5.96 Å². The third kappa shape index (κ3) is 6.67. The molecule has 7 heteroatoms. The molecule has 0 aromatic carbocycles. The van der Waals surface area contributed by atoms with E-state index >= 15 is 0 Å². The lowest BCUT2D eigenvalue weighted by molar-refractivity contribution is 0.255. The van der Waals surface area contributed by atoms with E-state index in [1.165, 1.54) is 17.7 Å². The molecule has 2 atom stereocenters. The van der Waals surface area contributed by atoms with E-state index in [9.17, 15) is 4.21 Å². The predicted octanol–water partition coefficient (Wildman–Crippen LogP) is 2.99. The molecule has 0 radical (unpaired) electrons. The van der Waals surface area contributed by atoms with E-state index in [1.54, 1.807) is 0 Å². The van der Waals surface area contributed by atoms with E-state index in [0.29, 0.717) is 18.3 Å². The summed E-state index contributed by atoms with van der Waals surface area (Å²) >= 11 is 1.82. The van der Waals surface area contributed by atoms with Crippen molar-refractivity contribution in [3.05, 3.63) is 22.4 Å². The minimum atomic E-state index is -0.848. The minimum Gasteiger partial charge on any atom is -0.357 e. The zero-order chi connectivity index (χ0) is 19.0. The average Bonchev–Trinajstić information content (AvgIpc) is 3.28. The molecule has 1 aromatic heterocycles. The van der Waals surface area contributed by atoms with Gasteiger partial charge in [0.2, 0.25) is 0 Å². The monoisotopic (exact) mass is 398 g/mol. The highest BCUT2D eigenvalue weighted by Gasteiger charge is 2.24. The van der Waals surface area contributed by atoms with Gasteiger partial charge in [0.25, 0.3) is 0 Å². The zero-order valence-electron chi connectivity index (χ0n) is 16.6. The van der Waals surface area contributed by atoms with Crippen LogP contribution < -0.4 is 10.6 Å². The van der Waals surface area contributed by atoms with Crippen LogP contribution in [-0.4, -0.2) is 58.3 Å². The van der Waals surface area contributed by atoms with Crippen molar-refractivity contribution in [2.75, 3.05) is 38.5 Å². The molecule has 1 aliphatic heterocycles. The molecule has 1 aliphatic rings. The van der Waals surface area contributed by atoms with Gasteiger partial charge in [-0.05, 0) is 65.1 Å². The predicted molar refractivity (Wildman–Crippen MR) is 115 cm³/mol. The smallest absolute Gasteiger partial charge is 0.191 e. The first-order valence-electron chi connectivity index (χ1n) is 9.60. The van der Waals surface area contributed by atoms with Crippen molar-refractivity contribution < 1.29 is 4.21 Å². The van der Waals surface area contributed by atoms with Gasteiger partial charge in [0.1, 0.15) is 0 Å². The molecule has 5 nitrogen and oxygen atoms in total. The van der Waals surface area contributed by atoms with Crippen LogP contribution in [0, 0.1) is 0 Å². The number of hydrogen-bond donors (Lipinski definition) is 2. The normalized spacial score (nSPS) is 18.7. The summed E-state index contributed by atoms with van der Waals surface area (Å²) in [6, 6.07) is 4.70. The second kappa shape index (κ2) is 10.4. The van der Waals surface area contributed by atoms with Crippen molar-refractivity contribution in [1.82, 2.24) is 15.5 Å². The number of likely N-dealkylation sites (tertiary alicyclic amines) is 1. The Morgan fingerprint density at radius 3 is 2.65 bits per heavy atom. The number of aliphatic imine (C=N–C) groups is 1. The molecule has 2 N–H and O–H groups in total. The molecule has 148 valence electrons. The van der Waals surface area contributed by atoms with Gasteiger partial charge in [0.05, 0.1) is 12.6 Å². The van der Waals surface area contributed by atoms with Crippen LogP contribution in [0.5, 0.6) is 0 Å². The van der Waals surface area contributed by atoms with E-state index in [-0.39, 0.29) is 4.75 Å². The summed E-state index contributed by atoms with van der Waals surface area (Å²) in [5.74, 6) is 1.45. The van der Waals surface area contributed by atoms with E-state index in [1.807, 2.05) is 32.1 Å². The number of nitrogens with zero attached hydrogens (tertiary/aromatic N) is 2. The Morgan fingerprint density at radius 1 is 1.35 bits per heavy atom. The highest BCUT2D eigenvalue weighted by atomic mass is 32.2. The fraction of sp³-hybridized carbons (Fsp3) is 0.737. The maximum atomic E-state index is 12.2. The molecule has 2 heterocycles. The van der Waals surface area contributed by atoms with Crippen LogP contribution in [0.1, 0.15) is 51.5 Å². The maximum absolute atomic E-state index is 12.2. The van der Waals surface area contributed by atoms with Crippen molar-refractivity contribution in [2.24, 2.45) is 4.99 Å². The fourth-order valence-corrected chi connectivity index (χ4v) is 4.76. The Balaban J connectivity index is 1.95. The Hall–Kier alpha value is -0.920. The van der Waals surface area contributed by atoms with Crippen LogP contribution in [0.2, 0.25) is 0 Å². The van der Waals surface area contributed by atoms with Crippen LogP contribution >= 0.6 is 11.3 Å². The first kappa shape index (κ1) is 21.4. The van der Waals surface area contributed by atoms with Crippen molar-refractivity contribution in [1.29, 1.82) is 0 Å². The largest absolute Gasteiger partial charge is 0.357 e. The molecule has 0 amide bonds. The molecular weight excluding hydrogens is 364 g/mol. The van der Waals surface area contributed by atoms with Crippen LogP contribution in [0.15, 0.2) is 22.5 Å². The van der Waals surface area contributed by atoms with Crippen LogP contribution in [0.25, 0.3) is 0 Å². The van der Waals surface area contributed by atoms with Crippen LogP contribution in [0.4, 0.5) is 0 Å². The lowest BCUT2D eigenvalue weighted by Gasteiger charge is -2.25. The molecule has 1 saturated heterocycles. The quantitative estimate of drug-likeness (QED) is 0.522. The zero-order valence-corrected chi connectivity index (χ0v) is 18.2. The van der Waals surface area contributed by atoms with Crippen LogP contribution in [-0.2, 0) is 10.8 Å². The first-order chi connectivity index (χ1) is 12.4. The summed E-state index contributed by atoms with van der Waals surface area (Å²) in [5.41, 5.74) is 0. The van der Waals surface area contributed by atoms with Gasteiger partial charge in [-0.1, -0.05) is 6.07 Å². The number of rotatable bonds is 8. The van der Waals surface area contributed by atoms with Gasteiger partial charge in [-0.15, -0.1) is 11.3 Å². The maximum Gasteiger partial charge on any atom is 0.191 e. The average molecular weight is 399 g/mol. The number of nitrogens with one attached hydrogen (secondary N) is 2. The van der Waals surface area contributed by atoms with E-state index < -0.39 is 10.8 Å². The first-order valence-corrected chi connectivity index (χ1v) is 11.8. The Labute approximate surface area is 165 Å². The molecule has 0 bridgehead atoms. The Morgan fingerprint density at radius 2 is 2.08 bits per heavy atom. The summed E-state index contributed by atoms with van der Waals surface area (Å²) in [6.45, 7) is 12.7.